The van der Waals surface area contributed by atoms with Crippen molar-refractivity contribution in [3.8, 4) is 0 Å². The number of likely N-dealkylation sites (tertiary alicyclic amines) is 2. The molecule has 3 amide bonds. The smallest absolute Gasteiger partial charge is 0.322 e. The Bertz CT molecular complexity index is 622. The quantitative estimate of drug-likeness (QED) is 0.812. The zero-order chi connectivity index (χ0) is 17.6. The highest BCUT2D eigenvalue weighted by atomic mass is 32.2. The van der Waals surface area contributed by atoms with E-state index in [0.717, 1.165) is 62.3 Å². The number of thioether (sulfide) groups is 1. The van der Waals surface area contributed by atoms with Crippen LogP contribution in [0.3, 0.4) is 0 Å². The largest absolute Gasteiger partial charge is 0.343 e. The van der Waals surface area contributed by atoms with Crippen molar-refractivity contribution in [2.75, 3.05) is 31.2 Å². The molecule has 2 aliphatic heterocycles. The minimum absolute atomic E-state index is 0.0179. The van der Waals surface area contributed by atoms with Crippen LogP contribution in [0, 0.1) is 0 Å². The van der Waals surface area contributed by atoms with E-state index in [4.69, 9.17) is 0 Å². The monoisotopic (exact) mass is 361 g/mol. The molecule has 3 rings (SSSR count). The van der Waals surface area contributed by atoms with Crippen LogP contribution in [0.5, 0.6) is 0 Å². The number of carbonyl (C=O) groups excluding carboxylic acids is 2. The zero-order valence-corrected chi connectivity index (χ0v) is 15.7. The molecule has 1 N–H and O–H groups in total. The molecule has 1 atom stereocenters. The summed E-state index contributed by atoms with van der Waals surface area (Å²) in [6.45, 7) is 2.45. The number of urea groups is 1. The Hall–Kier alpha value is -1.69. The van der Waals surface area contributed by atoms with E-state index < -0.39 is 0 Å². The first-order chi connectivity index (χ1) is 12.2. The van der Waals surface area contributed by atoms with Gasteiger partial charge in [0, 0.05) is 42.7 Å². The Morgan fingerprint density at radius 3 is 2.92 bits per heavy atom. The third-order valence-corrected chi connectivity index (χ3v) is 5.84. The summed E-state index contributed by atoms with van der Waals surface area (Å²) in [7, 11) is 0. The summed E-state index contributed by atoms with van der Waals surface area (Å²) in [6.07, 6.45) is 7.80. The van der Waals surface area contributed by atoms with Crippen LogP contribution in [0.2, 0.25) is 0 Å². The minimum Gasteiger partial charge on any atom is -0.343 e. The maximum atomic E-state index is 12.8. The number of hydrogen-bond acceptors (Lipinski definition) is 3. The molecule has 2 aliphatic rings. The van der Waals surface area contributed by atoms with Crippen molar-refractivity contribution in [1.29, 1.82) is 0 Å². The van der Waals surface area contributed by atoms with Gasteiger partial charge in [0.15, 0.2) is 0 Å². The molecule has 0 bridgehead atoms. The van der Waals surface area contributed by atoms with Crippen molar-refractivity contribution >= 4 is 29.4 Å². The number of benzene rings is 1. The minimum atomic E-state index is -0.0179. The topological polar surface area (TPSA) is 52.7 Å². The van der Waals surface area contributed by atoms with E-state index in [-0.39, 0.29) is 18.0 Å². The molecule has 0 saturated carbocycles. The van der Waals surface area contributed by atoms with E-state index in [1.807, 2.05) is 40.3 Å². The van der Waals surface area contributed by atoms with Crippen molar-refractivity contribution in [2.45, 2.75) is 49.5 Å². The first kappa shape index (κ1) is 18.1. The fraction of sp³-hybridized carbons (Fsp3) is 0.579. The molecule has 1 aromatic rings. The van der Waals surface area contributed by atoms with Crippen molar-refractivity contribution in [3.63, 3.8) is 0 Å². The van der Waals surface area contributed by atoms with E-state index in [1.54, 1.807) is 11.8 Å². The van der Waals surface area contributed by atoms with E-state index in [1.165, 1.54) is 0 Å². The number of nitrogens with zero attached hydrogens (tertiary/aromatic N) is 2. The van der Waals surface area contributed by atoms with E-state index in [2.05, 4.69) is 5.32 Å². The maximum absolute atomic E-state index is 12.8. The lowest BCUT2D eigenvalue weighted by Crippen LogP contribution is -2.47. The van der Waals surface area contributed by atoms with Gasteiger partial charge in [-0.3, -0.25) is 4.79 Å². The Morgan fingerprint density at radius 2 is 2.16 bits per heavy atom. The standard InChI is InChI=1S/C19H27N3O2S/c1-25-17-8-4-6-15(14-17)20-19(24)22-12-3-2-7-16(22)10-13-21-11-5-9-18(21)23/h4,6,8,14,16H,2-3,5,7,9-13H2,1H3,(H,20,24)/t16-/m1/s1. The SMILES string of the molecule is CSc1cccc(NC(=O)N2CCCC[C@@H]2CCN2CCCC2=O)c1. The summed E-state index contributed by atoms with van der Waals surface area (Å²) in [4.78, 5) is 29.6. The molecular weight excluding hydrogens is 334 g/mol. The summed E-state index contributed by atoms with van der Waals surface area (Å²) >= 11 is 1.67. The summed E-state index contributed by atoms with van der Waals surface area (Å²) in [5, 5.41) is 3.05. The third kappa shape index (κ3) is 4.69. The second kappa shape index (κ2) is 8.61. The van der Waals surface area contributed by atoms with Gasteiger partial charge < -0.3 is 15.1 Å². The summed E-state index contributed by atoms with van der Waals surface area (Å²) in [5.41, 5.74) is 0.843. The van der Waals surface area contributed by atoms with Gasteiger partial charge in [-0.2, -0.15) is 0 Å². The molecular formula is C19H27N3O2S. The van der Waals surface area contributed by atoms with Gasteiger partial charge in [0.05, 0.1) is 0 Å². The number of anilines is 1. The summed E-state index contributed by atoms with van der Waals surface area (Å²) in [5.74, 6) is 0.265. The van der Waals surface area contributed by atoms with E-state index in [0.29, 0.717) is 6.42 Å². The van der Waals surface area contributed by atoms with Crippen molar-refractivity contribution in [1.82, 2.24) is 9.80 Å². The lowest BCUT2D eigenvalue weighted by atomic mass is 9.99. The molecule has 0 radical (unpaired) electrons. The summed E-state index contributed by atoms with van der Waals surface area (Å²) < 4.78 is 0. The van der Waals surface area contributed by atoms with Crippen molar-refractivity contribution < 1.29 is 9.59 Å². The predicted molar refractivity (Wildman–Crippen MR) is 102 cm³/mol. The van der Waals surface area contributed by atoms with Gasteiger partial charge in [0.1, 0.15) is 0 Å². The Morgan fingerprint density at radius 1 is 1.28 bits per heavy atom. The molecule has 2 heterocycles. The normalized spacial score (nSPS) is 20.8. The Kier molecular flexibility index (Phi) is 6.24. The van der Waals surface area contributed by atoms with Gasteiger partial charge in [0.2, 0.25) is 5.91 Å². The fourth-order valence-electron chi connectivity index (χ4n) is 3.71. The molecule has 2 saturated heterocycles. The number of rotatable bonds is 5. The van der Waals surface area contributed by atoms with Crippen LogP contribution in [-0.2, 0) is 4.79 Å². The van der Waals surface area contributed by atoms with Crippen LogP contribution in [0.1, 0.15) is 38.5 Å². The van der Waals surface area contributed by atoms with Gasteiger partial charge in [-0.25, -0.2) is 4.79 Å². The number of hydrogen-bond donors (Lipinski definition) is 1. The molecule has 0 aromatic heterocycles. The van der Waals surface area contributed by atoms with Crippen LogP contribution in [-0.4, -0.2) is 53.7 Å². The van der Waals surface area contributed by atoms with Crippen LogP contribution in [0.25, 0.3) is 0 Å². The molecule has 2 fully saturated rings. The molecule has 0 unspecified atom stereocenters. The highest BCUT2D eigenvalue weighted by Gasteiger charge is 2.28. The first-order valence-electron chi connectivity index (χ1n) is 9.17. The van der Waals surface area contributed by atoms with E-state index >= 15 is 0 Å². The number of nitrogens with one attached hydrogen (secondary N) is 1. The molecule has 5 nitrogen and oxygen atoms in total. The molecule has 25 heavy (non-hydrogen) atoms. The van der Waals surface area contributed by atoms with Gasteiger partial charge in [-0.05, 0) is 56.6 Å². The van der Waals surface area contributed by atoms with Gasteiger partial charge in [-0.15, -0.1) is 11.8 Å². The highest BCUT2D eigenvalue weighted by Crippen LogP contribution is 2.24. The molecule has 0 aliphatic carbocycles. The Labute approximate surface area is 154 Å². The fourth-order valence-corrected chi connectivity index (χ4v) is 4.17. The van der Waals surface area contributed by atoms with Crippen LogP contribution in [0.15, 0.2) is 29.2 Å². The highest BCUT2D eigenvalue weighted by molar-refractivity contribution is 7.98. The van der Waals surface area contributed by atoms with E-state index in [9.17, 15) is 9.59 Å². The predicted octanol–water partition coefficient (Wildman–Crippen LogP) is 3.81. The Balaban J connectivity index is 1.59. The summed E-state index contributed by atoms with van der Waals surface area (Å²) in [6, 6.07) is 8.15. The van der Waals surface area contributed by atoms with Crippen LogP contribution in [0.4, 0.5) is 10.5 Å². The molecule has 6 heteroatoms. The van der Waals surface area contributed by atoms with Crippen molar-refractivity contribution in [2.24, 2.45) is 0 Å². The average molecular weight is 362 g/mol. The second-order valence-corrected chi connectivity index (χ2v) is 7.66. The van der Waals surface area contributed by atoms with Crippen LogP contribution >= 0.6 is 11.8 Å². The second-order valence-electron chi connectivity index (χ2n) is 6.78. The first-order valence-corrected chi connectivity index (χ1v) is 10.4. The lowest BCUT2D eigenvalue weighted by Gasteiger charge is -2.36. The van der Waals surface area contributed by atoms with Crippen molar-refractivity contribution in [3.05, 3.63) is 24.3 Å². The molecule has 0 spiro atoms. The molecule has 136 valence electrons. The van der Waals surface area contributed by atoms with Gasteiger partial charge in [0.25, 0.3) is 0 Å². The molecule has 1 aromatic carbocycles. The van der Waals surface area contributed by atoms with Gasteiger partial charge in [-0.1, -0.05) is 6.07 Å². The number of amides is 3. The number of piperidine rings is 1. The third-order valence-electron chi connectivity index (χ3n) is 5.11. The number of carbonyl (C=O) groups is 2. The van der Waals surface area contributed by atoms with Crippen LogP contribution < -0.4 is 5.32 Å². The maximum Gasteiger partial charge on any atom is 0.322 e. The van der Waals surface area contributed by atoms with Gasteiger partial charge >= 0.3 is 6.03 Å². The average Bonchev–Trinajstić information content (AvgIpc) is 3.05. The zero-order valence-electron chi connectivity index (χ0n) is 14.9. The lowest BCUT2D eigenvalue weighted by molar-refractivity contribution is -0.127.